The lowest BCUT2D eigenvalue weighted by Crippen LogP contribution is -2.38. The van der Waals surface area contributed by atoms with E-state index >= 15 is 0 Å². The summed E-state index contributed by atoms with van der Waals surface area (Å²) in [6.45, 7) is 4.92. The first-order valence-electron chi connectivity index (χ1n) is 8.95. The van der Waals surface area contributed by atoms with E-state index in [9.17, 15) is 9.59 Å². The molecule has 0 aliphatic heterocycles. The summed E-state index contributed by atoms with van der Waals surface area (Å²) in [4.78, 5) is 27.1. The zero-order valence-electron chi connectivity index (χ0n) is 15.7. The van der Waals surface area contributed by atoms with E-state index < -0.39 is 5.91 Å². The molecule has 0 bridgehead atoms. The van der Waals surface area contributed by atoms with Crippen molar-refractivity contribution < 1.29 is 14.0 Å². The van der Waals surface area contributed by atoms with Crippen molar-refractivity contribution in [2.75, 3.05) is 13.1 Å². The maximum Gasteiger partial charge on any atom is 0.291 e. The van der Waals surface area contributed by atoms with E-state index in [4.69, 9.17) is 4.42 Å². The van der Waals surface area contributed by atoms with Crippen LogP contribution < -0.4 is 5.32 Å². The number of amides is 2. The molecule has 6 heteroatoms. The Bertz CT molecular complexity index is 979. The molecule has 0 unspecified atom stereocenters. The van der Waals surface area contributed by atoms with Gasteiger partial charge in [0, 0.05) is 42.8 Å². The first kappa shape index (κ1) is 18.5. The highest BCUT2D eigenvalue weighted by Crippen LogP contribution is 2.22. The first-order chi connectivity index (χ1) is 13.0. The predicted octanol–water partition coefficient (Wildman–Crippen LogP) is 3.41. The second-order valence-corrected chi connectivity index (χ2v) is 6.18. The number of nitrogens with zero attached hydrogens (tertiary/aromatic N) is 2. The third kappa shape index (κ3) is 3.79. The maximum absolute atomic E-state index is 13.0. The molecule has 0 aliphatic carbocycles. The van der Waals surface area contributed by atoms with Crippen molar-refractivity contribution in [2.45, 2.75) is 13.8 Å². The molecule has 2 amide bonds. The molecule has 0 radical (unpaired) electrons. The molecule has 2 heterocycles. The van der Waals surface area contributed by atoms with Crippen LogP contribution in [0.4, 0.5) is 0 Å². The summed E-state index contributed by atoms with van der Waals surface area (Å²) < 4.78 is 7.14. The Morgan fingerprint density at radius 3 is 2.56 bits per heavy atom. The van der Waals surface area contributed by atoms with Gasteiger partial charge in [-0.15, -0.1) is 0 Å². The average Bonchev–Trinajstić information content (AvgIpc) is 3.31. The second-order valence-electron chi connectivity index (χ2n) is 6.18. The van der Waals surface area contributed by atoms with Crippen LogP contribution in [0.15, 0.2) is 59.0 Å². The molecule has 0 atom stereocenters. The van der Waals surface area contributed by atoms with Crippen LogP contribution in [0, 0.1) is 0 Å². The molecule has 2 aromatic heterocycles. The van der Waals surface area contributed by atoms with E-state index in [1.807, 2.05) is 55.9 Å². The van der Waals surface area contributed by atoms with Gasteiger partial charge in [-0.05, 0) is 38.1 Å². The number of carbonyl (C=O) groups is 2. The largest absolute Gasteiger partial charge is 0.459 e. The maximum atomic E-state index is 13.0. The van der Waals surface area contributed by atoms with Gasteiger partial charge in [0.25, 0.3) is 11.8 Å². The summed E-state index contributed by atoms with van der Waals surface area (Å²) in [7, 11) is 1.95. The zero-order chi connectivity index (χ0) is 19.4. The number of rotatable bonds is 6. The van der Waals surface area contributed by atoms with Gasteiger partial charge in [0.2, 0.25) is 0 Å². The van der Waals surface area contributed by atoms with Gasteiger partial charge in [0.1, 0.15) is 5.70 Å². The molecule has 140 valence electrons. The molecular formula is C21H23N3O3. The fraction of sp³-hybridized carbons (Fsp3) is 0.238. The zero-order valence-corrected chi connectivity index (χ0v) is 15.7. The number of fused-ring (bicyclic) bond motifs is 1. The lowest BCUT2D eigenvalue weighted by molar-refractivity contribution is -0.127. The van der Waals surface area contributed by atoms with Crippen LogP contribution in [0.25, 0.3) is 17.0 Å². The minimum Gasteiger partial charge on any atom is -0.459 e. The van der Waals surface area contributed by atoms with E-state index in [2.05, 4.69) is 5.32 Å². The van der Waals surface area contributed by atoms with Gasteiger partial charge >= 0.3 is 0 Å². The van der Waals surface area contributed by atoms with Crippen LogP contribution in [-0.4, -0.2) is 34.4 Å². The Hall–Kier alpha value is -3.28. The number of likely N-dealkylation sites (N-methyl/N-ethyl adjacent to an activating group) is 1. The van der Waals surface area contributed by atoms with Crippen LogP contribution in [0.3, 0.4) is 0 Å². The molecule has 0 spiro atoms. The highest BCUT2D eigenvalue weighted by molar-refractivity contribution is 6.05. The number of hydrogen-bond acceptors (Lipinski definition) is 3. The fourth-order valence-corrected chi connectivity index (χ4v) is 3.07. The molecule has 0 saturated carbocycles. The quantitative estimate of drug-likeness (QED) is 0.681. The van der Waals surface area contributed by atoms with E-state index in [1.165, 1.54) is 6.26 Å². The first-order valence-corrected chi connectivity index (χ1v) is 8.95. The summed E-state index contributed by atoms with van der Waals surface area (Å²) in [5.74, 6) is -0.522. The smallest absolute Gasteiger partial charge is 0.291 e. The highest BCUT2D eigenvalue weighted by atomic mass is 16.3. The summed E-state index contributed by atoms with van der Waals surface area (Å²) in [5, 5.41) is 3.73. The lowest BCUT2D eigenvalue weighted by atomic mass is 10.1. The molecule has 0 saturated heterocycles. The number of nitrogens with one attached hydrogen (secondary N) is 1. The lowest BCUT2D eigenvalue weighted by Gasteiger charge is -2.20. The number of carbonyl (C=O) groups excluding carboxylic acids is 2. The van der Waals surface area contributed by atoms with Crippen molar-refractivity contribution in [3.05, 3.63) is 65.9 Å². The molecule has 1 aromatic carbocycles. The Balaban J connectivity index is 2.03. The highest BCUT2D eigenvalue weighted by Gasteiger charge is 2.20. The number of benzene rings is 1. The molecule has 1 N–H and O–H groups in total. The molecule has 0 fully saturated rings. The van der Waals surface area contributed by atoms with Crippen molar-refractivity contribution in [1.82, 2.24) is 14.8 Å². The van der Waals surface area contributed by atoms with E-state index in [1.54, 1.807) is 23.1 Å². The van der Waals surface area contributed by atoms with Gasteiger partial charge in [0.15, 0.2) is 5.76 Å². The predicted molar refractivity (Wildman–Crippen MR) is 105 cm³/mol. The summed E-state index contributed by atoms with van der Waals surface area (Å²) in [6, 6.07) is 11.1. The number of para-hydroxylation sites is 1. The number of furan rings is 1. The monoisotopic (exact) mass is 365 g/mol. The second kappa shape index (κ2) is 7.95. The Kier molecular flexibility index (Phi) is 5.45. The summed E-state index contributed by atoms with van der Waals surface area (Å²) >= 11 is 0. The van der Waals surface area contributed by atoms with E-state index in [-0.39, 0.29) is 17.4 Å². The topological polar surface area (TPSA) is 67.5 Å². The standard InChI is InChI=1S/C21H23N3O3/c1-4-24(5-2)21(26)17(22-20(25)19-11-8-12-27-19)13-15-14-23(3)18-10-7-6-9-16(15)18/h6-14H,4-5H2,1-3H3,(H,22,25). The third-order valence-electron chi connectivity index (χ3n) is 4.50. The number of hydrogen-bond donors (Lipinski definition) is 1. The molecule has 27 heavy (non-hydrogen) atoms. The van der Waals surface area contributed by atoms with E-state index in [0.29, 0.717) is 13.1 Å². The van der Waals surface area contributed by atoms with Crippen LogP contribution in [-0.2, 0) is 11.8 Å². The fourth-order valence-electron chi connectivity index (χ4n) is 3.07. The van der Waals surface area contributed by atoms with Crippen LogP contribution in [0.5, 0.6) is 0 Å². The molecule has 3 rings (SSSR count). The SMILES string of the molecule is CCN(CC)C(=O)C(=Cc1cn(C)c2ccccc12)NC(=O)c1ccco1. The van der Waals surface area contributed by atoms with Crippen molar-refractivity contribution in [2.24, 2.45) is 7.05 Å². The third-order valence-corrected chi connectivity index (χ3v) is 4.50. The van der Waals surface area contributed by atoms with Crippen molar-refractivity contribution in [3.63, 3.8) is 0 Å². The van der Waals surface area contributed by atoms with Crippen LogP contribution >= 0.6 is 0 Å². The summed E-state index contributed by atoms with van der Waals surface area (Å²) in [6.07, 6.45) is 5.10. The Morgan fingerprint density at radius 2 is 1.89 bits per heavy atom. The van der Waals surface area contributed by atoms with Gasteiger partial charge < -0.3 is 19.2 Å². The van der Waals surface area contributed by atoms with Gasteiger partial charge in [-0.25, -0.2) is 0 Å². The van der Waals surface area contributed by atoms with Crippen molar-refractivity contribution in [3.8, 4) is 0 Å². The Labute approximate surface area is 158 Å². The van der Waals surface area contributed by atoms with Gasteiger partial charge in [-0.3, -0.25) is 9.59 Å². The molecule has 0 aliphatic rings. The molecule has 6 nitrogen and oxygen atoms in total. The van der Waals surface area contributed by atoms with E-state index in [0.717, 1.165) is 16.5 Å². The minimum atomic E-state index is -0.452. The van der Waals surface area contributed by atoms with Gasteiger partial charge in [-0.2, -0.15) is 0 Å². The molecule has 3 aromatic rings. The normalized spacial score (nSPS) is 11.6. The van der Waals surface area contributed by atoms with Crippen molar-refractivity contribution in [1.29, 1.82) is 0 Å². The summed E-state index contributed by atoms with van der Waals surface area (Å²) in [5.41, 5.74) is 2.13. The van der Waals surface area contributed by atoms with Crippen LogP contribution in [0.1, 0.15) is 30.0 Å². The number of aromatic nitrogens is 1. The minimum absolute atomic E-state index is 0.158. The molecular weight excluding hydrogens is 342 g/mol. The van der Waals surface area contributed by atoms with Gasteiger partial charge in [0.05, 0.1) is 6.26 Å². The van der Waals surface area contributed by atoms with Gasteiger partial charge in [-0.1, -0.05) is 18.2 Å². The van der Waals surface area contributed by atoms with Crippen molar-refractivity contribution >= 4 is 28.8 Å². The number of aryl methyl sites for hydroxylation is 1. The van der Waals surface area contributed by atoms with Crippen LogP contribution in [0.2, 0.25) is 0 Å². The average molecular weight is 365 g/mol. The Morgan fingerprint density at radius 1 is 1.15 bits per heavy atom.